The van der Waals surface area contributed by atoms with Crippen LogP contribution in [0.3, 0.4) is 0 Å². The lowest BCUT2D eigenvalue weighted by Crippen LogP contribution is -2.10. The van der Waals surface area contributed by atoms with Crippen LogP contribution in [-0.2, 0) is 11.2 Å². The lowest BCUT2D eigenvalue weighted by Gasteiger charge is -2.02. The number of carbonyl (C=O) groups excluding carboxylic acids is 1. The van der Waals surface area contributed by atoms with E-state index in [4.69, 9.17) is 4.74 Å². The van der Waals surface area contributed by atoms with Crippen molar-refractivity contribution in [3.63, 3.8) is 0 Å². The number of aromatic nitrogens is 1. The summed E-state index contributed by atoms with van der Waals surface area (Å²) in [7, 11) is 1.66. The van der Waals surface area contributed by atoms with Crippen LogP contribution in [0.2, 0.25) is 0 Å². The largest absolute Gasteiger partial charge is 0.497 e. The first-order chi connectivity index (χ1) is 10.6. The van der Waals surface area contributed by atoms with Gasteiger partial charge in [0.1, 0.15) is 5.75 Å². The lowest BCUT2D eigenvalue weighted by molar-refractivity contribution is -0.116. The highest BCUT2D eigenvalue weighted by atomic mass is 32.1. The number of methoxy groups -OCH3 is 1. The smallest absolute Gasteiger partial charge is 0.226 e. The molecule has 1 heterocycles. The minimum Gasteiger partial charge on any atom is -0.497 e. The Balaban J connectivity index is 2.01. The Hall–Kier alpha value is -1.88. The quantitative estimate of drug-likeness (QED) is 0.833. The number of benzene rings is 1. The first kappa shape index (κ1) is 16.5. The molecule has 0 aliphatic heterocycles. The van der Waals surface area contributed by atoms with E-state index in [0.29, 0.717) is 11.6 Å². The summed E-state index contributed by atoms with van der Waals surface area (Å²) < 4.78 is 5.17. The van der Waals surface area contributed by atoms with Crippen molar-refractivity contribution in [1.82, 2.24) is 4.98 Å². The SMILES string of the molecule is CCCCC(=O)Nc1nc(C)c(Cc2ccc(OC)cc2)s1. The summed E-state index contributed by atoms with van der Waals surface area (Å²) in [6.45, 7) is 4.06. The standard InChI is InChI=1S/C17H22N2O2S/c1-4-5-6-16(20)19-17-18-12(2)15(22-17)11-13-7-9-14(21-3)10-8-13/h7-10H,4-6,11H2,1-3H3,(H,18,19,20). The zero-order chi connectivity index (χ0) is 15.9. The van der Waals surface area contributed by atoms with Gasteiger partial charge >= 0.3 is 0 Å². The third kappa shape index (κ3) is 4.56. The fourth-order valence-electron chi connectivity index (χ4n) is 2.09. The maximum Gasteiger partial charge on any atom is 0.226 e. The van der Waals surface area contributed by atoms with E-state index in [9.17, 15) is 4.79 Å². The number of rotatable bonds is 7. The van der Waals surface area contributed by atoms with Crippen LogP contribution in [-0.4, -0.2) is 18.0 Å². The molecule has 0 atom stereocenters. The van der Waals surface area contributed by atoms with E-state index in [2.05, 4.69) is 29.4 Å². The lowest BCUT2D eigenvalue weighted by atomic mass is 10.1. The average Bonchev–Trinajstić information content (AvgIpc) is 2.85. The van der Waals surface area contributed by atoms with Crippen LogP contribution in [0.5, 0.6) is 5.75 Å². The van der Waals surface area contributed by atoms with Gasteiger partial charge in [0.25, 0.3) is 0 Å². The molecule has 0 radical (unpaired) electrons. The Morgan fingerprint density at radius 1 is 1.32 bits per heavy atom. The predicted molar refractivity (Wildman–Crippen MR) is 90.8 cm³/mol. The molecule has 1 amide bonds. The number of aryl methyl sites for hydroxylation is 1. The third-order valence-electron chi connectivity index (χ3n) is 3.42. The number of amides is 1. The molecule has 0 unspecified atom stereocenters. The van der Waals surface area contributed by atoms with Gasteiger partial charge in [0.2, 0.25) is 5.91 Å². The van der Waals surface area contributed by atoms with Crippen LogP contribution in [0.15, 0.2) is 24.3 Å². The molecule has 1 N–H and O–H groups in total. The summed E-state index contributed by atoms with van der Waals surface area (Å²) in [6, 6.07) is 8.02. The Bertz CT molecular complexity index is 620. The van der Waals surface area contributed by atoms with E-state index < -0.39 is 0 Å². The molecular weight excluding hydrogens is 296 g/mol. The zero-order valence-electron chi connectivity index (χ0n) is 13.3. The average molecular weight is 318 g/mol. The van der Waals surface area contributed by atoms with Crippen LogP contribution in [0.4, 0.5) is 5.13 Å². The zero-order valence-corrected chi connectivity index (χ0v) is 14.1. The molecule has 0 bridgehead atoms. The summed E-state index contributed by atoms with van der Waals surface area (Å²) in [5.41, 5.74) is 2.18. The molecule has 0 fully saturated rings. The van der Waals surface area contributed by atoms with Gasteiger partial charge in [0, 0.05) is 17.7 Å². The molecule has 0 aliphatic rings. The van der Waals surface area contributed by atoms with Gasteiger partial charge in [-0.2, -0.15) is 0 Å². The molecule has 0 aliphatic carbocycles. The Morgan fingerprint density at radius 3 is 2.68 bits per heavy atom. The minimum atomic E-state index is 0.0478. The molecule has 1 aromatic heterocycles. The van der Waals surface area contributed by atoms with Crippen LogP contribution >= 0.6 is 11.3 Å². The van der Waals surface area contributed by atoms with Crippen molar-refractivity contribution in [2.24, 2.45) is 0 Å². The van der Waals surface area contributed by atoms with Crippen LogP contribution in [0.25, 0.3) is 0 Å². The summed E-state index contributed by atoms with van der Waals surface area (Å²) >= 11 is 1.55. The molecule has 2 aromatic rings. The Kier molecular flexibility index (Phi) is 5.95. The van der Waals surface area contributed by atoms with Gasteiger partial charge in [-0.15, -0.1) is 11.3 Å². The molecular formula is C17H22N2O2S. The van der Waals surface area contributed by atoms with Gasteiger partial charge in [-0.25, -0.2) is 4.98 Å². The molecule has 22 heavy (non-hydrogen) atoms. The summed E-state index contributed by atoms with van der Waals surface area (Å²) in [6.07, 6.45) is 3.31. The summed E-state index contributed by atoms with van der Waals surface area (Å²) in [4.78, 5) is 17.4. The number of hydrogen-bond acceptors (Lipinski definition) is 4. The number of hydrogen-bond donors (Lipinski definition) is 1. The highest BCUT2D eigenvalue weighted by Crippen LogP contribution is 2.26. The molecule has 5 heteroatoms. The van der Waals surface area contributed by atoms with E-state index in [1.54, 1.807) is 18.4 Å². The number of thiazole rings is 1. The van der Waals surface area contributed by atoms with Crippen molar-refractivity contribution in [3.05, 3.63) is 40.4 Å². The third-order valence-corrected chi connectivity index (χ3v) is 4.49. The van der Waals surface area contributed by atoms with E-state index >= 15 is 0 Å². The predicted octanol–water partition coefficient (Wildman–Crippen LogP) is 4.18. The Morgan fingerprint density at radius 2 is 2.05 bits per heavy atom. The van der Waals surface area contributed by atoms with Gasteiger partial charge in [0.15, 0.2) is 5.13 Å². The normalized spacial score (nSPS) is 10.5. The highest BCUT2D eigenvalue weighted by Gasteiger charge is 2.11. The van der Waals surface area contributed by atoms with Gasteiger partial charge in [-0.1, -0.05) is 25.5 Å². The van der Waals surface area contributed by atoms with Gasteiger partial charge < -0.3 is 10.1 Å². The van der Waals surface area contributed by atoms with Gasteiger partial charge in [0.05, 0.1) is 12.8 Å². The Labute approximate surface area is 135 Å². The van der Waals surface area contributed by atoms with Crippen LogP contribution in [0.1, 0.15) is 42.3 Å². The molecule has 1 aromatic carbocycles. The van der Waals surface area contributed by atoms with E-state index in [1.165, 1.54) is 10.4 Å². The summed E-state index contributed by atoms with van der Waals surface area (Å²) in [5.74, 6) is 0.903. The molecule has 0 saturated heterocycles. The minimum absolute atomic E-state index is 0.0478. The van der Waals surface area contributed by atoms with Gasteiger partial charge in [-0.3, -0.25) is 4.79 Å². The maximum absolute atomic E-state index is 11.8. The van der Waals surface area contributed by atoms with Crippen LogP contribution < -0.4 is 10.1 Å². The number of unbranched alkanes of at least 4 members (excludes halogenated alkanes) is 1. The molecule has 0 saturated carbocycles. The van der Waals surface area contributed by atoms with E-state index in [1.807, 2.05) is 19.1 Å². The summed E-state index contributed by atoms with van der Waals surface area (Å²) in [5, 5.41) is 3.59. The number of nitrogens with one attached hydrogen (secondary N) is 1. The maximum atomic E-state index is 11.8. The molecule has 118 valence electrons. The monoisotopic (exact) mass is 318 g/mol. The van der Waals surface area contributed by atoms with Crippen molar-refractivity contribution in [1.29, 1.82) is 0 Å². The van der Waals surface area contributed by atoms with E-state index in [0.717, 1.165) is 30.7 Å². The fraction of sp³-hybridized carbons (Fsp3) is 0.412. The van der Waals surface area contributed by atoms with Gasteiger partial charge in [-0.05, 0) is 31.0 Å². The number of ether oxygens (including phenoxy) is 1. The van der Waals surface area contributed by atoms with Crippen molar-refractivity contribution in [2.45, 2.75) is 39.5 Å². The topological polar surface area (TPSA) is 51.2 Å². The molecule has 4 nitrogen and oxygen atoms in total. The second kappa shape index (κ2) is 7.94. The van der Waals surface area contributed by atoms with Crippen molar-refractivity contribution >= 4 is 22.4 Å². The van der Waals surface area contributed by atoms with Crippen molar-refractivity contribution in [3.8, 4) is 5.75 Å². The fourth-order valence-corrected chi connectivity index (χ4v) is 3.11. The number of carbonyl (C=O) groups is 1. The van der Waals surface area contributed by atoms with E-state index in [-0.39, 0.29) is 5.91 Å². The van der Waals surface area contributed by atoms with Crippen molar-refractivity contribution in [2.75, 3.05) is 12.4 Å². The van der Waals surface area contributed by atoms with Crippen molar-refractivity contribution < 1.29 is 9.53 Å². The van der Waals surface area contributed by atoms with Crippen LogP contribution in [0, 0.1) is 6.92 Å². The first-order valence-electron chi connectivity index (χ1n) is 7.51. The second-order valence-corrected chi connectivity index (χ2v) is 6.29. The number of anilines is 1. The first-order valence-corrected chi connectivity index (χ1v) is 8.33. The highest BCUT2D eigenvalue weighted by molar-refractivity contribution is 7.15. The number of nitrogens with zero attached hydrogens (tertiary/aromatic N) is 1. The molecule has 2 rings (SSSR count). The molecule has 0 spiro atoms. The second-order valence-electron chi connectivity index (χ2n) is 5.20.